The molecule has 0 radical (unpaired) electrons. The van der Waals surface area contributed by atoms with E-state index in [1.807, 2.05) is 0 Å². The van der Waals surface area contributed by atoms with E-state index in [2.05, 4.69) is 0 Å². The van der Waals surface area contributed by atoms with Crippen molar-refractivity contribution in [1.29, 1.82) is 0 Å². The number of aliphatic hydroxyl groups excluding tert-OH is 1. The van der Waals surface area contributed by atoms with Crippen molar-refractivity contribution in [2.75, 3.05) is 0 Å². The predicted molar refractivity (Wildman–Crippen MR) is 43.0 cm³/mol. The highest BCUT2D eigenvalue weighted by Gasteiger charge is 2.29. The summed E-state index contributed by atoms with van der Waals surface area (Å²) in [5.74, 6) is -0.166. The summed E-state index contributed by atoms with van der Waals surface area (Å²) in [5, 5.41) is 18.4. The number of ketones is 1. The van der Waals surface area contributed by atoms with E-state index in [0.717, 1.165) is 0 Å². The van der Waals surface area contributed by atoms with Crippen molar-refractivity contribution >= 4 is 5.78 Å². The summed E-state index contributed by atoms with van der Waals surface area (Å²) in [7, 11) is 0. The van der Waals surface area contributed by atoms with Crippen LogP contribution in [0.2, 0.25) is 0 Å². The molecular weight excluding hydrogens is 158 g/mol. The molecule has 4 heteroatoms. The van der Waals surface area contributed by atoms with Gasteiger partial charge in [0.25, 0.3) is 0 Å². The van der Waals surface area contributed by atoms with Crippen molar-refractivity contribution in [3.05, 3.63) is 23.8 Å². The van der Waals surface area contributed by atoms with Gasteiger partial charge in [-0.1, -0.05) is 6.08 Å². The fourth-order valence-corrected chi connectivity index (χ4v) is 0.916. The number of carbonyl (C=O) groups excluding carboxylic acids is 1. The Morgan fingerprint density at radius 3 is 2.75 bits per heavy atom. The van der Waals surface area contributed by atoms with Gasteiger partial charge in [-0.25, -0.2) is 0 Å². The Morgan fingerprint density at radius 1 is 1.75 bits per heavy atom. The lowest BCUT2D eigenvalue weighted by Crippen LogP contribution is -2.49. The van der Waals surface area contributed by atoms with E-state index in [1.54, 1.807) is 0 Å². The number of Topliss-reactive ketones (excluding diaryl/α,β-unsaturated/α-hetero) is 1. The highest BCUT2D eigenvalue weighted by atomic mass is 16.4. The van der Waals surface area contributed by atoms with Crippen molar-refractivity contribution in [2.45, 2.75) is 18.8 Å². The molecule has 4 N–H and O–H groups in total. The largest absolute Gasteiger partial charge is 0.384 e. The average Bonchev–Trinajstić information content (AvgIpc) is 1.94. The molecule has 4 nitrogen and oxygen atoms in total. The number of aliphatic hydroxyl groups is 2. The van der Waals surface area contributed by atoms with Gasteiger partial charge in [-0.05, 0) is 19.1 Å². The van der Waals surface area contributed by atoms with Crippen LogP contribution < -0.4 is 5.73 Å². The molecule has 0 spiro atoms. The SMILES string of the molecule is CC(=O)C1=CC(O)C(N)(O)C=C1. The minimum absolute atomic E-state index is 0.166. The van der Waals surface area contributed by atoms with Crippen LogP contribution in [0.4, 0.5) is 0 Å². The van der Waals surface area contributed by atoms with Crippen LogP contribution in [0, 0.1) is 0 Å². The maximum absolute atomic E-state index is 10.8. The summed E-state index contributed by atoms with van der Waals surface area (Å²) < 4.78 is 0. The Bertz CT molecular complexity index is 265. The first-order chi connectivity index (χ1) is 5.43. The van der Waals surface area contributed by atoms with Gasteiger partial charge in [0, 0.05) is 5.57 Å². The third-order valence-corrected chi connectivity index (χ3v) is 1.75. The summed E-state index contributed by atoms with van der Waals surface area (Å²) >= 11 is 0. The molecule has 12 heavy (non-hydrogen) atoms. The van der Waals surface area contributed by atoms with Crippen molar-refractivity contribution < 1.29 is 15.0 Å². The number of nitrogens with two attached hydrogens (primary N) is 1. The highest BCUT2D eigenvalue weighted by molar-refractivity contribution is 5.96. The van der Waals surface area contributed by atoms with Crippen LogP contribution in [0.1, 0.15) is 6.92 Å². The molecular formula is C8H11NO3. The molecule has 2 atom stereocenters. The Morgan fingerprint density at radius 2 is 2.33 bits per heavy atom. The summed E-state index contributed by atoms with van der Waals surface area (Å²) in [6.45, 7) is 1.38. The lowest BCUT2D eigenvalue weighted by molar-refractivity contribution is -0.113. The first-order valence-electron chi connectivity index (χ1n) is 3.55. The van der Waals surface area contributed by atoms with Gasteiger partial charge < -0.3 is 10.2 Å². The van der Waals surface area contributed by atoms with Crippen molar-refractivity contribution in [3.8, 4) is 0 Å². The highest BCUT2D eigenvalue weighted by Crippen LogP contribution is 2.16. The molecule has 2 unspecified atom stereocenters. The van der Waals surface area contributed by atoms with Gasteiger partial charge in [0.1, 0.15) is 6.10 Å². The molecule has 0 fully saturated rings. The zero-order chi connectivity index (χ0) is 9.35. The fraction of sp³-hybridized carbons (Fsp3) is 0.375. The van der Waals surface area contributed by atoms with E-state index in [0.29, 0.717) is 5.57 Å². The molecule has 0 aromatic heterocycles. The van der Waals surface area contributed by atoms with Crippen LogP contribution >= 0.6 is 0 Å². The minimum atomic E-state index is -1.75. The molecule has 1 aliphatic carbocycles. The van der Waals surface area contributed by atoms with E-state index >= 15 is 0 Å². The van der Waals surface area contributed by atoms with E-state index in [1.165, 1.54) is 25.2 Å². The van der Waals surface area contributed by atoms with E-state index in [4.69, 9.17) is 5.73 Å². The van der Waals surface area contributed by atoms with Gasteiger partial charge in [-0.15, -0.1) is 0 Å². The quantitative estimate of drug-likeness (QED) is 0.443. The third-order valence-electron chi connectivity index (χ3n) is 1.75. The number of allylic oxidation sites excluding steroid dienone is 2. The number of carbonyl (C=O) groups is 1. The molecule has 0 aromatic carbocycles. The summed E-state index contributed by atoms with van der Waals surface area (Å²) in [6.07, 6.45) is 2.62. The fourth-order valence-electron chi connectivity index (χ4n) is 0.916. The molecule has 0 aliphatic heterocycles. The molecule has 0 saturated carbocycles. The van der Waals surface area contributed by atoms with Crippen LogP contribution in [0.25, 0.3) is 0 Å². The molecule has 1 aliphatic rings. The maximum atomic E-state index is 10.8. The van der Waals surface area contributed by atoms with Crippen LogP contribution in [-0.2, 0) is 4.79 Å². The average molecular weight is 169 g/mol. The zero-order valence-electron chi connectivity index (χ0n) is 6.69. The number of rotatable bonds is 1. The second kappa shape index (κ2) is 2.82. The normalized spacial score (nSPS) is 34.7. The standard InChI is InChI=1S/C8H11NO3/c1-5(10)6-2-3-8(9,12)7(11)4-6/h2-4,7,11-12H,9H2,1H3. The van der Waals surface area contributed by atoms with Crippen molar-refractivity contribution in [3.63, 3.8) is 0 Å². The molecule has 0 heterocycles. The Kier molecular flexibility index (Phi) is 2.14. The van der Waals surface area contributed by atoms with Gasteiger partial charge >= 0.3 is 0 Å². The monoisotopic (exact) mass is 169 g/mol. The van der Waals surface area contributed by atoms with Gasteiger partial charge in [-0.3, -0.25) is 10.5 Å². The Labute approximate surface area is 70.0 Å². The third kappa shape index (κ3) is 1.61. The van der Waals surface area contributed by atoms with Crippen molar-refractivity contribution in [2.24, 2.45) is 5.73 Å². The smallest absolute Gasteiger partial charge is 0.162 e. The molecule has 0 bridgehead atoms. The van der Waals surface area contributed by atoms with E-state index < -0.39 is 11.8 Å². The summed E-state index contributed by atoms with van der Waals surface area (Å²) in [5.41, 5.74) is 3.85. The van der Waals surface area contributed by atoms with Gasteiger partial charge in [0.05, 0.1) is 0 Å². The van der Waals surface area contributed by atoms with Crippen LogP contribution in [0.15, 0.2) is 23.8 Å². The Balaban J connectivity index is 2.91. The second-order valence-electron chi connectivity index (χ2n) is 2.84. The van der Waals surface area contributed by atoms with Crippen LogP contribution in [-0.4, -0.2) is 27.8 Å². The first kappa shape index (κ1) is 9.12. The molecule has 1 rings (SSSR count). The van der Waals surface area contributed by atoms with E-state index in [9.17, 15) is 15.0 Å². The minimum Gasteiger partial charge on any atom is -0.384 e. The topological polar surface area (TPSA) is 83.5 Å². The summed E-state index contributed by atoms with van der Waals surface area (Å²) in [6, 6.07) is 0. The first-order valence-corrected chi connectivity index (χ1v) is 3.55. The van der Waals surface area contributed by atoms with E-state index in [-0.39, 0.29) is 5.78 Å². The molecule has 0 saturated heterocycles. The molecule has 0 aromatic rings. The number of hydrogen-bond donors (Lipinski definition) is 3. The van der Waals surface area contributed by atoms with Gasteiger partial charge in [0.15, 0.2) is 11.5 Å². The maximum Gasteiger partial charge on any atom is 0.162 e. The lowest BCUT2D eigenvalue weighted by atomic mass is 9.96. The predicted octanol–water partition coefficient (Wildman–Crippen LogP) is -0.920. The lowest BCUT2D eigenvalue weighted by Gasteiger charge is -2.26. The van der Waals surface area contributed by atoms with Crippen molar-refractivity contribution in [1.82, 2.24) is 0 Å². The number of hydrogen-bond acceptors (Lipinski definition) is 4. The van der Waals surface area contributed by atoms with Crippen LogP contribution in [0.5, 0.6) is 0 Å². The molecule has 66 valence electrons. The summed E-state index contributed by atoms with van der Waals surface area (Å²) in [4.78, 5) is 10.8. The van der Waals surface area contributed by atoms with Crippen LogP contribution in [0.3, 0.4) is 0 Å². The zero-order valence-corrected chi connectivity index (χ0v) is 6.69. The second-order valence-corrected chi connectivity index (χ2v) is 2.84. The van der Waals surface area contributed by atoms with Gasteiger partial charge in [-0.2, -0.15) is 0 Å². The van der Waals surface area contributed by atoms with Gasteiger partial charge in [0.2, 0.25) is 0 Å². The Hall–Kier alpha value is -0.970. The molecule has 0 amide bonds.